The number of nitrogens with one attached hydrogen (secondary N) is 1. The van der Waals surface area contributed by atoms with Crippen molar-refractivity contribution in [2.75, 3.05) is 36.5 Å². The molecule has 2 amide bonds. The fourth-order valence-electron chi connectivity index (χ4n) is 2.72. The van der Waals surface area contributed by atoms with Crippen molar-refractivity contribution in [2.24, 2.45) is 0 Å². The third-order valence-corrected chi connectivity index (χ3v) is 3.86. The predicted molar refractivity (Wildman–Crippen MR) is 100 cm³/mol. The van der Waals surface area contributed by atoms with Crippen molar-refractivity contribution < 1.29 is 14.3 Å². The first-order valence-corrected chi connectivity index (χ1v) is 7.29. The van der Waals surface area contributed by atoms with Crippen LogP contribution in [0.15, 0.2) is 24.3 Å². The molecule has 23 heavy (non-hydrogen) atoms. The van der Waals surface area contributed by atoms with Crippen molar-refractivity contribution in [3.63, 3.8) is 0 Å². The number of fused-ring (bicyclic) bond motifs is 1. The minimum absolute atomic E-state index is 0. The Kier molecular flexibility index (Phi) is 5.51. The van der Waals surface area contributed by atoms with Crippen LogP contribution in [0.25, 0.3) is 6.08 Å². The molecular formula is C16H20IN3O3. The van der Waals surface area contributed by atoms with E-state index in [1.807, 2.05) is 25.2 Å². The summed E-state index contributed by atoms with van der Waals surface area (Å²) in [5.74, 6) is -0.128. The zero-order valence-electron chi connectivity index (χ0n) is 13.1. The van der Waals surface area contributed by atoms with Crippen molar-refractivity contribution in [3.8, 4) is 0 Å². The van der Waals surface area contributed by atoms with Gasteiger partial charge in [0.25, 0.3) is 0 Å². The molecule has 1 atom stereocenters. The predicted octanol–water partition coefficient (Wildman–Crippen LogP) is 2.23. The SMILES string of the molecule is CC(=O)NC[C@H]1CN(c2ccc3c(c2)C=CCN3C)C(=O)O1.I. The van der Waals surface area contributed by atoms with Gasteiger partial charge in [-0.1, -0.05) is 12.2 Å². The van der Waals surface area contributed by atoms with Gasteiger partial charge < -0.3 is 15.0 Å². The standard InChI is InChI=1S/C16H19N3O3.HI/c1-11(20)17-9-14-10-19(16(21)22-14)13-5-6-15-12(8-13)4-3-7-18(15)2;/h3-6,8,14H,7,9-10H2,1-2H3,(H,17,20);1H/t14-;/m0./s1. The highest BCUT2D eigenvalue weighted by molar-refractivity contribution is 14.0. The Balaban J connectivity index is 0.00000192. The lowest BCUT2D eigenvalue weighted by atomic mass is 10.1. The van der Waals surface area contributed by atoms with Crippen LogP contribution in [-0.4, -0.2) is 44.8 Å². The minimum Gasteiger partial charge on any atom is -0.442 e. The number of carbonyl (C=O) groups is 2. The van der Waals surface area contributed by atoms with Crippen LogP contribution in [0.5, 0.6) is 0 Å². The summed E-state index contributed by atoms with van der Waals surface area (Å²) in [7, 11) is 2.04. The van der Waals surface area contributed by atoms with Crippen LogP contribution < -0.4 is 15.1 Å². The van der Waals surface area contributed by atoms with E-state index in [2.05, 4.69) is 22.4 Å². The number of anilines is 2. The molecular weight excluding hydrogens is 409 g/mol. The number of amides is 2. The van der Waals surface area contributed by atoms with Gasteiger partial charge in [-0.25, -0.2) is 4.79 Å². The minimum atomic E-state index is -0.372. The number of hydrogen-bond donors (Lipinski definition) is 1. The molecule has 2 aliphatic heterocycles. The van der Waals surface area contributed by atoms with Crippen LogP contribution in [0.4, 0.5) is 16.2 Å². The summed E-state index contributed by atoms with van der Waals surface area (Å²) in [6.45, 7) is 3.11. The molecule has 0 unspecified atom stereocenters. The van der Waals surface area contributed by atoms with Gasteiger partial charge in [0.2, 0.25) is 5.91 Å². The van der Waals surface area contributed by atoms with Crippen molar-refractivity contribution in [1.82, 2.24) is 5.32 Å². The number of likely N-dealkylation sites (N-methyl/N-ethyl adjacent to an activating group) is 1. The molecule has 0 aliphatic carbocycles. The summed E-state index contributed by atoms with van der Waals surface area (Å²) in [5.41, 5.74) is 3.05. The quantitative estimate of drug-likeness (QED) is 0.749. The van der Waals surface area contributed by atoms with Crippen molar-refractivity contribution >= 4 is 53.4 Å². The van der Waals surface area contributed by atoms with E-state index < -0.39 is 0 Å². The Bertz CT molecular complexity index is 647. The number of carbonyl (C=O) groups excluding carboxylic acids is 2. The van der Waals surface area contributed by atoms with Gasteiger partial charge in [0.05, 0.1) is 13.1 Å². The largest absolute Gasteiger partial charge is 0.442 e. The molecule has 0 radical (unpaired) electrons. The second-order valence-corrected chi connectivity index (χ2v) is 5.58. The summed E-state index contributed by atoms with van der Waals surface area (Å²) in [6.07, 6.45) is 3.47. The van der Waals surface area contributed by atoms with Crippen LogP contribution in [0.3, 0.4) is 0 Å². The first kappa shape index (κ1) is 17.6. The first-order chi connectivity index (χ1) is 10.5. The van der Waals surface area contributed by atoms with Crippen molar-refractivity contribution in [1.29, 1.82) is 0 Å². The highest BCUT2D eigenvalue weighted by atomic mass is 127. The van der Waals surface area contributed by atoms with Gasteiger partial charge in [0.15, 0.2) is 0 Å². The van der Waals surface area contributed by atoms with Crippen molar-refractivity contribution in [2.45, 2.75) is 13.0 Å². The van der Waals surface area contributed by atoms with Crippen LogP contribution in [0.1, 0.15) is 12.5 Å². The lowest BCUT2D eigenvalue weighted by molar-refractivity contribution is -0.119. The summed E-state index contributed by atoms with van der Waals surface area (Å²) >= 11 is 0. The van der Waals surface area contributed by atoms with Crippen molar-refractivity contribution in [3.05, 3.63) is 29.8 Å². The van der Waals surface area contributed by atoms with E-state index in [9.17, 15) is 9.59 Å². The van der Waals surface area contributed by atoms with E-state index in [1.54, 1.807) is 4.90 Å². The maximum absolute atomic E-state index is 12.0. The Hall–Kier alpha value is -1.77. The van der Waals surface area contributed by atoms with Gasteiger partial charge in [0.1, 0.15) is 6.10 Å². The number of nitrogens with zero attached hydrogens (tertiary/aromatic N) is 2. The highest BCUT2D eigenvalue weighted by Crippen LogP contribution is 2.31. The molecule has 0 aromatic heterocycles. The molecule has 124 valence electrons. The van der Waals surface area contributed by atoms with Gasteiger partial charge >= 0.3 is 6.09 Å². The zero-order chi connectivity index (χ0) is 15.7. The van der Waals surface area contributed by atoms with Gasteiger partial charge in [-0.3, -0.25) is 9.69 Å². The molecule has 3 rings (SSSR count). The van der Waals surface area contributed by atoms with E-state index in [-0.39, 0.29) is 42.1 Å². The number of cyclic esters (lactones) is 1. The van der Waals surface area contributed by atoms with E-state index in [1.165, 1.54) is 6.92 Å². The van der Waals surface area contributed by atoms with Crippen LogP contribution in [-0.2, 0) is 9.53 Å². The average Bonchev–Trinajstić information content (AvgIpc) is 2.86. The molecule has 1 fully saturated rings. The molecule has 1 saturated heterocycles. The number of ether oxygens (including phenoxy) is 1. The average molecular weight is 429 g/mol. The van der Waals surface area contributed by atoms with Crippen LogP contribution >= 0.6 is 24.0 Å². The van der Waals surface area contributed by atoms with Gasteiger partial charge in [-0.2, -0.15) is 0 Å². The number of hydrogen-bond acceptors (Lipinski definition) is 4. The lowest BCUT2D eigenvalue weighted by Gasteiger charge is -2.25. The fraction of sp³-hybridized carbons (Fsp3) is 0.375. The number of benzene rings is 1. The van der Waals surface area contributed by atoms with E-state index >= 15 is 0 Å². The molecule has 2 aliphatic rings. The second-order valence-electron chi connectivity index (χ2n) is 5.58. The number of rotatable bonds is 3. The normalized spacial score (nSPS) is 19.0. The molecule has 7 heteroatoms. The smallest absolute Gasteiger partial charge is 0.414 e. The topological polar surface area (TPSA) is 61.9 Å². The number of halogens is 1. The highest BCUT2D eigenvalue weighted by Gasteiger charge is 2.32. The Morgan fingerprint density at radius 2 is 2.22 bits per heavy atom. The first-order valence-electron chi connectivity index (χ1n) is 7.29. The van der Waals surface area contributed by atoms with E-state index in [4.69, 9.17) is 4.74 Å². The monoisotopic (exact) mass is 429 g/mol. The van der Waals surface area contributed by atoms with Gasteiger partial charge in [-0.15, -0.1) is 24.0 Å². The van der Waals surface area contributed by atoms with Crippen LogP contribution in [0, 0.1) is 0 Å². The summed E-state index contributed by atoms with van der Waals surface area (Å²) in [6, 6.07) is 5.93. The lowest BCUT2D eigenvalue weighted by Crippen LogP contribution is -2.33. The van der Waals surface area contributed by atoms with Gasteiger partial charge in [0, 0.05) is 31.9 Å². The molecule has 0 saturated carbocycles. The Morgan fingerprint density at radius 3 is 2.96 bits per heavy atom. The summed E-state index contributed by atoms with van der Waals surface area (Å²) in [4.78, 5) is 26.7. The molecule has 1 N–H and O–H groups in total. The van der Waals surface area contributed by atoms with E-state index in [0.717, 1.165) is 23.5 Å². The maximum atomic E-state index is 12.0. The zero-order valence-corrected chi connectivity index (χ0v) is 15.4. The molecule has 6 nitrogen and oxygen atoms in total. The summed E-state index contributed by atoms with van der Waals surface area (Å²) in [5, 5.41) is 2.68. The van der Waals surface area contributed by atoms with E-state index in [0.29, 0.717) is 13.1 Å². The van der Waals surface area contributed by atoms with Gasteiger partial charge in [-0.05, 0) is 23.8 Å². The molecule has 1 aromatic carbocycles. The Morgan fingerprint density at radius 1 is 1.43 bits per heavy atom. The summed E-state index contributed by atoms with van der Waals surface area (Å²) < 4.78 is 5.29. The molecule has 2 heterocycles. The Labute approximate surface area is 152 Å². The second kappa shape index (κ2) is 7.20. The fourth-order valence-corrected chi connectivity index (χ4v) is 2.72. The molecule has 0 spiro atoms. The third-order valence-electron chi connectivity index (χ3n) is 3.86. The van der Waals surface area contributed by atoms with Crippen LogP contribution in [0.2, 0.25) is 0 Å². The third kappa shape index (κ3) is 3.77. The molecule has 1 aromatic rings. The maximum Gasteiger partial charge on any atom is 0.414 e. The molecule has 0 bridgehead atoms.